The molecule has 0 saturated heterocycles. The molecule has 2 N–H and O–H groups in total. The maximum atomic E-state index is 12.2. The van der Waals surface area contributed by atoms with Gasteiger partial charge in [-0.05, 0) is 42.3 Å². The highest BCUT2D eigenvalue weighted by molar-refractivity contribution is 7.92. The van der Waals surface area contributed by atoms with Gasteiger partial charge in [0, 0.05) is 5.69 Å². The molecule has 2 aromatic rings. The molecule has 0 bridgehead atoms. The number of carbonyl (C=O) groups is 1. The number of hydrogen-bond donors (Lipinski definition) is 2. The van der Waals surface area contributed by atoms with E-state index in [2.05, 4.69) is 17.0 Å². The van der Waals surface area contributed by atoms with Crippen LogP contribution in [0.15, 0.2) is 42.5 Å². The Kier molecular flexibility index (Phi) is 7.50. The fourth-order valence-electron chi connectivity index (χ4n) is 2.45. The van der Waals surface area contributed by atoms with Crippen molar-refractivity contribution in [3.63, 3.8) is 0 Å². The molecule has 1 amide bonds. The minimum absolute atomic E-state index is 0.161. The standard InChI is InChI=1S/C19H23ClN2O4S/c1-3-4-14-5-8-16(9-6-14)26-12-11-21-19(23)17-10-7-15(13-18(17)20)22-27(2,24)25/h5-10,13,22H,3-4,11-12H2,1-2H3,(H,21,23). The van der Waals surface area contributed by atoms with Crippen LogP contribution in [0.2, 0.25) is 5.02 Å². The first-order valence-corrected chi connectivity index (χ1v) is 10.8. The van der Waals surface area contributed by atoms with Crippen LogP contribution in [0.5, 0.6) is 5.75 Å². The van der Waals surface area contributed by atoms with Gasteiger partial charge in [-0.3, -0.25) is 9.52 Å². The zero-order chi connectivity index (χ0) is 19.9. The summed E-state index contributed by atoms with van der Waals surface area (Å²) in [4.78, 5) is 12.2. The van der Waals surface area contributed by atoms with Crippen LogP contribution >= 0.6 is 11.6 Å². The van der Waals surface area contributed by atoms with Crippen LogP contribution in [0.1, 0.15) is 29.3 Å². The van der Waals surface area contributed by atoms with E-state index in [0.29, 0.717) is 18.8 Å². The summed E-state index contributed by atoms with van der Waals surface area (Å²) in [7, 11) is -3.40. The SMILES string of the molecule is CCCc1ccc(OCCNC(=O)c2ccc(NS(C)(=O)=O)cc2Cl)cc1. The third-order valence-corrected chi connectivity index (χ3v) is 4.55. The average Bonchev–Trinajstić information content (AvgIpc) is 2.59. The first kappa shape index (κ1) is 21.1. The van der Waals surface area contributed by atoms with Gasteiger partial charge in [0.25, 0.3) is 5.91 Å². The topological polar surface area (TPSA) is 84.5 Å². The molecule has 0 saturated carbocycles. The second kappa shape index (κ2) is 9.62. The number of aryl methyl sites for hydroxylation is 1. The third-order valence-electron chi connectivity index (χ3n) is 3.64. The molecule has 0 radical (unpaired) electrons. The molecule has 6 nitrogen and oxygen atoms in total. The van der Waals surface area contributed by atoms with Crippen molar-refractivity contribution in [3.8, 4) is 5.75 Å². The lowest BCUT2D eigenvalue weighted by molar-refractivity contribution is 0.0947. The zero-order valence-electron chi connectivity index (χ0n) is 15.3. The summed E-state index contributed by atoms with van der Waals surface area (Å²) in [6, 6.07) is 12.2. The first-order valence-electron chi connectivity index (χ1n) is 8.56. The predicted molar refractivity (Wildman–Crippen MR) is 108 cm³/mol. The molecule has 146 valence electrons. The molecular weight excluding hydrogens is 388 g/mol. The number of anilines is 1. The summed E-state index contributed by atoms with van der Waals surface area (Å²) >= 11 is 6.08. The molecule has 0 aromatic heterocycles. The summed E-state index contributed by atoms with van der Waals surface area (Å²) in [6.45, 7) is 2.77. The Hall–Kier alpha value is -2.25. The van der Waals surface area contributed by atoms with Crippen molar-refractivity contribution in [2.24, 2.45) is 0 Å². The third kappa shape index (κ3) is 7.11. The van der Waals surface area contributed by atoms with E-state index >= 15 is 0 Å². The normalized spacial score (nSPS) is 11.1. The zero-order valence-corrected chi connectivity index (χ0v) is 16.9. The predicted octanol–water partition coefficient (Wildman–Crippen LogP) is 3.47. The summed E-state index contributed by atoms with van der Waals surface area (Å²) < 4.78 is 30.4. The summed E-state index contributed by atoms with van der Waals surface area (Å²) in [6.07, 6.45) is 3.18. The molecule has 8 heteroatoms. The molecule has 0 atom stereocenters. The lowest BCUT2D eigenvalue weighted by Gasteiger charge is -2.10. The molecule has 0 aliphatic carbocycles. The van der Waals surface area contributed by atoms with Crippen LogP contribution in [0, 0.1) is 0 Å². The molecule has 0 spiro atoms. The molecule has 2 rings (SSSR count). The molecule has 0 aliphatic rings. The smallest absolute Gasteiger partial charge is 0.252 e. The van der Waals surface area contributed by atoms with Gasteiger partial charge in [-0.1, -0.05) is 37.1 Å². The second-order valence-electron chi connectivity index (χ2n) is 6.07. The van der Waals surface area contributed by atoms with E-state index in [1.807, 2.05) is 24.3 Å². The van der Waals surface area contributed by atoms with Gasteiger partial charge in [-0.25, -0.2) is 8.42 Å². The molecule has 0 aliphatic heterocycles. The summed E-state index contributed by atoms with van der Waals surface area (Å²) in [5.41, 5.74) is 1.83. The number of halogens is 1. The Morgan fingerprint density at radius 2 is 1.85 bits per heavy atom. The first-order chi connectivity index (χ1) is 12.8. The molecular formula is C19H23ClN2O4S. The number of benzene rings is 2. The fourth-order valence-corrected chi connectivity index (χ4v) is 3.27. The Labute approximate surface area is 164 Å². The van der Waals surface area contributed by atoms with Crippen LogP contribution in [0.3, 0.4) is 0 Å². The second-order valence-corrected chi connectivity index (χ2v) is 8.22. The van der Waals surface area contributed by atoms with E-state index in [1.165, 1.54) is 23.8 Å². The van der Waals surface area contributed by atoms with Gasteiger partial charge in [0.15, 0.2) is 0 Å². The van der Waals surface area contributed by atoms with Gasteiger partial charge in [0.2, 0.25) is 10.0 Å². The number of amides is 1. The Morgan fingerprint density at radius 1 is 1.15 bits per heavy atom. The lowest BCUT2D eigenvalue weighted by Crippen LogP contribution is -2.28. The number of nitrogens with one attached hydrogen (secondary N) is 2. The highest BCUT2D eigenvalue weighted by Crippen LogP contribution is 2.21. The number of sulfonamides is 1. The van der Waals surface area contributed by atoms with Crippen LogP contribution in [-0.2, 0) is 16.4 Å². The summed E-state index contributed by atoms with van der Waals surface area (Å²) in [5.74, 6) is 0.395. The summed E-state index contributed by atoms with van der Waals surface area (Å²) in [5, 5.41) is 2.88. The van der Waals surface area contributed by atoms with Gasteiger partial charge in [0.1, 0.15) is 12.4 Å². The van der Waals surface area contributed by atoms with E-state index in [0.717, 1.165) is 24.8 Å². The van der Waals surface area contributed by atoms with Crippen molar-refractivity contribution >= 4 is 33.2 Å². The van der Waals surface area contributed by atoms with Gasteiger partial charge >= 0.3 is 0 Å². The Balaban J connectivity index is 1.83. The van der Waals surface area contributed by atoms with Crippen LogP contribution in [0.25, 0.3) is 0 Å². The van der Waals surface area contributed by atoms with Crippen LogP contribution in [-0.4, -0.2) is 33.7 Å². The number of rotatable bonds is 9. The molecule has 0 heterocycles. The Morgan fingerprint density at radius 3 is 2.44 bits per heavy atom. The number of carbonyl (C=O) groups excluding carboxylic acids is 1. The van der Waals surface area contributed by atoms with Crippen molar-refractivity contribution < 1.29 is 17.9 Å². The molecule has 27 heavy (non-hydrogen) atoms. The highest BCUT2D eigenvalue weighted by atomic mass is 35.5. The van der Waals surface area contributed by atoms with Crippen molar-refractivity contribution in [1.29, 1.82) is 0 Å². The van der Waals surface area contributed by atoms with E-state index in [1.54, 1.807) is 0 Å². The quantitative estimate of drug-likeness (QED) is 0.620. The minimum Gasteiger partial charge on any atom is -0.492 e. The van der Waals surface area contributed by atoms with Gasteiger partial charge in [0.05, 0.1) is 23.4 Å². The molecule has 2 aromatic carbocycles. The highest BCUT2D eigenvalue weighted by Gasteiger charge is 2.12. The van der Waals surface area contributed by atoms with Crippen molar-refractivity contribution in [2.75, 3.05) is 24.1 Å². The van der Waals surface area contributed by atoms with Crippen LogP contribution < -0.4 is 14.8 Å². The Bertz CT molecular complexity index is 883. The minimum atomic E-state index is -3.40. The molecule has 0 unspecified atom stereocenters. The van der Waals surface area contributed by atoms with Crippen molar-refractivity contribution in [3.05, 3.63) is 58.6 Å². The maximum Gasteiger partial charge on any atom is 0.252 e. The fraction of sp³-hybridized carbons (Fsp3) is 0.316. The lowest BCUT2D eigenvalue weighted by atomic mass is 10.1. The van der Waals surface area contributed by atoms with Crippen molar-refractivity contribution in [2.45, 2.75) is 19.8 Å². The van der Waals surface area contributed by atoms with Crippen molar-refractivity contribution in [1.82, 2.24) is 5.32 Å². The molecule has 0 fully saturated rings. The number of hydrogen-bond acceptors (Lipinski definition) is 4. The van der Waals surface area contributed by atoms with Gasteiger partial charge < -0.3 is 10.1 Å². The average molecular weight is 411 g/mol. The maximum absolute atomic E-state index is 12.2. The van der Waals surface area contributed by atoms with Crippen LogP contribution in [0.4, 0.5) is 5.69 Å². The van der Waals surface area contributed by atoms with E-state index in [-0.39, 0.29) is 16.5 Å². The van der Waals surface area contributed by atoms with E-state index < -0.39 is 10.0 Å². The van der Waals surface area contributed by atoms with Gasteiger partial charge in [-0.15, -0.1) is 0 Å². The monoisotopic (exact) mass is 410 g/mol. The van der Waals surface area contributed by atoms with Gasteiger partial charge in [-0.2, -0.15) is 0 Å². The largest absolute Gasteiger partial charge is 0.492 e. The number of ether oxygens (including phenoxy) is 1. The van der Waals surface area contributed by atoms with E-state index in [4.69, 9.17) is 16.3 Å². The van der Waals surface area contributed by atoms with E-state index in [9.17, 15) is 13.2 Å².